The summed E-state index contributed by atoms with van der Waals surface area (Å²) in [6.07, 6.45) is 0.601. The van der Waals surface area contributed by atoms with Crippen molar-refractivity contribution < 1.29 is 9.18 Å². The van der Waals surface area contributed by atoms with E-state index in [0.717, 1.165) is 33.5 Å². The Hall–Kier alpha value is -4.25. The highest BCUT2D eigenvalue weighted by Gasteiger charge is 2.27. The van der Waals surface area contributed by atoms with E-state index in [9.17, 15) is 9.18 Å². The maximum absolute atomic E-state index is 13.7. The fraction of sp³-hybridized carbons (Fsp3) is 0.103. The largest absolute Gasteiger partial charge is 0.350 e. The summed E-state index contributed by atoms with van der Waals surface area (Å²) in [7, 11) is 0. The highest BCUT2D eigenvalue weighted by molar-refractivity contribution is 5.87. The second-order valence-corrected chi connectivity index (χ2v) is 8.21. The molecule has 5 heteroatoms. The summed E-state index contributed by atoms with van der Waals surface area (Å²) < 4.78 is 15.3. The van der Waals surface area contributed by atoms with Crippen molar-refractivity contribution in [1.29, 1.82) is 0 Å². The van der Waals surface area contributed by atoms with Crippen LogP contribution in [0.3, 0.4) is 0 Å². The van der Waals surface area contributed by atoms with Gasteiger partial charge >= 0.3 is 0 Å². The van der Waals surface area contributed by atoms with Crippen LogP contribution in [0.25, 0.3) is 11.0 Å². The number of carbonyl (C=O) groups excluding carboxylic acids is 1. The van der Waals surface area contributed by atoms with Crippen molar-refractivity contribution in [3.8, 4) is 0 Å². The first-order valence-corrected chi connectivity index (χ1v) is 11.3. The molecule has 168 valence electrons. The number of para-hydroxylation sites is 2. The average Bonchev–Trinajstić information content (AvgIpc) is 3.23. The molecule has 1 heterocycles. The van der Waals surface area contributed by atoms with E-state index in [0.29, 0.717) is 13.0 Å². The van der Waals surface area contributed by atoms with E-state index < -0.39 is 6.04 Å². The third kappa shape index (κ3) is 4.59. The van der Waals surface area contributed by atoms with E-state index >= 15 is 0 Å². The Bertz CT molecular complexity index is 1400. The maximum Gasteiger partial charge on any atom is 0.248 e. The molecule has 1 N–H and O–H groups in total. The van der Waals surface area contributed by atoms with Crippen molar-refractivity contribution in [3.05, 3.63) is 138 Å². The quantitative estimate of drug-likeness (QED) is 0.348. The summed E-state index contributed by atoms with van der Waals surface area (Å²) in [5, 5.41) is 3.05. The molecule has 1 amide bonds. The number of nitrogens with one attached hydrogen (secondary N) is 1. The van der Waals surface area contributed by atoms with E-state index in [1.54, 1.807) is 12.1 Å². The van der Waals surface area contributed by atoms with Crippen molar-refractivity contribution >= 4 is 16.9 Å². The molecule has 1 atom stereocenters. The van der Waals surface area contributed by atoms with E-state index in [2.05, 4.69) is 17.4 Å². The van der Waals surface area contributed by atoms with Gasteiger partial charge < -0.3 is 9.88 Å². The number of amides is 1. The zero-order valence-electron chi connectivity index (χ0n) is 18.6. The molecule has 4 aromatic carbocycles. The van der Waals surface area contributed by atoms with Gasteiger partial charge in [-0.05, 0) is 41.0 Å². The normalized spacial score (nSPS) is 11.9. The van der Waals surface area contributed by atoms with Gasteiger partial charge in [-0.25, -0.2) is 9.37 Å². The van der Waals surface area contributed by atoms with Gasteiger partial charge in [-0.15, -0.1) is 0 Å². The summed E-state index contributed by atoms with van der Waals surface area (Å²) in [5.41, 5.74) is 4.58. The molecule has 1 aromatic heterocycles. The van der Waals surface area contributed by atoms with Gasteiger partial charge in [0.2, 0.25) is 5.91 Å². The number of rotatable bonds is 7. The van der Waals surface area contributed by atoms with Crippen molar-refractivity contribution in [1.82, 2.24) is 14.9 Å². The van der Waals surface area contributed by atoms with Crippen LogP contribution in [-0.4, -0.2) is 15.5 Å². The SMILES string of the molecule is O=C(NCc1ccc(F)cc1)[C@H](c1ccccc1)n1c(Cc2ccccc2)nc2ccccc21. The molecule has 0 bridgehead atoms. The number of aromatic nitrogens is 2. The van der Waals surface area contributed by atoms with Gasteiger partial charge in [0.15, 0.2) is 0 Å². The van der Waals surface area contributed by atoms with Crippen LogP contribution in [0.15, 0.2) is 109 Å². The molecule has 0 fully saturated rings. The van der Waals surface area contributed by atoms with Gasteiger partial charge in [-0.2, -0.15) is 0 Å². The molecule has 0 saturated heterocycles. The number of fused-ring (bicyclic) bond motifs is 1. The summed E-state index contributed by atoms with van der Waals surface area (Å²) in [6.45, 7) is 0.309. The maximum atomic E-state index is 13.7. The number of halogens is 1. The van der Waals surface area contributed by atoms with E-state index in [-0.39, 0.29) is 11.7 Å². The molecule has 0 spiro atoms. The molecule has 0 aliphatic rings. The first kappa shape index (κ1) is 21.6. The number of imidazole rings is 1. The summed E-state index contributed by atoms with van der Waals surface area (Å²) in [6, 6.07) is 33.3. The third-order valence-corrected chi connectivity index (χ3v) is 5.88. The first-order chi connectivity index (χ1) is 16.7. The zero-order valence-corrected chi connectivity index (χ0v) is 18.6. The lowest BCUT2D eigenvalue weighted by Gasteiger charge is -2.22. The topological polar surface area (TPSA) is 46.9 Å². The molecule has 0 aliphatic carbocycles. The Morgan fingerprint density at radius 1 is 0.794 bits per heavy atom. The smallest absolute Gasteiger partial charge is 0.248 e. The van der Waals surface area contributed by atoms with Gasteiger partial charge in [0, 0.05) is 13.0 Å². The van der Waals surface area contributed by atoms with Gasteiger partial charge in [0.05, 0.1) is 11.0 Å². The highest BCUT2D eigenvalue weighted by Crippen LogP contribution is 2.28. The Labute approximate surface area is 197 Å². The predicted molar refractivity (Wildman–Crippen MR) is 132 cm³/mol. The van der Waals surface area contributed by atoms with Crippen molar-refractivity contribution in [2.24, 2.45) is 0 Å². The summed E-state index contributed by atoms with van der Waals surface area (Å²) in [5.74, 6) is 0.374. The molecular weight excluding hydrogens is 425 g/mol. The molecular formula is C29H24FN3O. The van der Waals surface area contributed by atoms with Crippen LogP contribution in [-0.2, 0) is 17.8 Å². The Kier molecular flexibility index (Phi) is 6.17. The van der Waals surface area contributed by atoms with Gasteiger partial charge in [-0.3, -0.25) is 4.79 Å². The lowest BCUT2D eigenvalue weighted by atomic mass is 10.0. The Morgan fingerprint density at radius 2 is 1.44 bits per heavy atom. The standard InChI is InChI=1S/C29H24FN3O/c30-24-17-15-22(16-18-24)20-31-29(34)28(23-11-5-2-6-12-23)33-26-14-8-7-13-25(26)32-27(33)19-21-9-3-1-4-10-21/h1-18,28H,19-20H2,(H,31,34)/t28-/m0/s1. The lowest BCUT2D eigenvalue weighted by Crippen LogP contribution is -2.33. The fourth-order valence-corrected chi connectivity index (χ4v) is 4.23. The van der Waals surface area contributed by atoms with Crippen LogP contribution >= 0.6 is 0 Å². The minimum Gasteiger partial charge on any atom is -0.350 e. The second kappa shape index (κ2) is 9.71. The molecule has 4 nitrogen and oxygen atoms in total. The van der Waals surface area contributed by atoms with Crippen LogP contribution in [0.2, 0.25) is 0 Å². The number of hydrogen-bond donors (Lipinski definition) is 1. The molecule has 0 unspecified atom stereocenters. The monoisotopic (exact) mass is 449 g/mol. The van der Waals surface area contributed by atoms with Crippen molar-refractivity contribution in [3.63, 3.8) is 0 Å². The third-order valence-electron chi connectivity index (χ3n) is 5.88. The average molecular weight is 450 g/mol. The summed E-state index contributed by atoms with van der Waals surface area (Å²) >= 11 is 0. The summed E-state index contributed by atoms with van der Waals surface area (Å²) in [4.78, 5) is 18.6. The Balaban J connectivity index is 1.57. The lowest BCUT2D eigenvalue weighted by molar-refractivity contribution is -0.123. The number of carbonyl (C=O) groups is 1. The number of hydrogen-bond acceptors (Lipinski definition) is 2. The highest BCUT2D eigenvalue weighted by atomic mass is 19.1. The van der Waals surface area contributed by atoms with E-state index in [4.69, 9.17) is 4.98 Å². The minimum absolute atomic E-state index is 0.145. The molecule has 0 radical (unpaired) electrons. The molecule has 0 aliphatic heterocycles. The molecule has 34 heavy (non-hydrogen) atoms. The molecule has 0 saturated carbocycles. The van der Waals surface area contributed by atoms with Gasteiger partial charge in [0.1, 0.15) is 17.7 Å². The van der Waals surface area contributed by atoms with Crippen LogP contribution in [0.4, 0.5) is 4.39 Å². The van der Waals surface area contributed by atoms with Crippen LogP contribution in [0, 0.1) is 5.82 Å². The van der Waals surface area contributed by atoms with E-state index in [1.807, 2.05) is 77.4 Å². The van der Waals surface area contributed by atoms with Gasteiger partial charge in [0.25, 0.3) is 0 Å². The molecule has 5 aromatic rings. The van der Waals surface area contributed by atoms with Crippen LogP contribution in [0.5, 0.6) is 0 Å². The van der Waals surface area contributed by atoms with Crippen molar-refractivity contribution in [2.75, 3.05) is 0 Å². The minimum atomic E-state index is -0.604. The predicted octanol–water partition coefficient (Wildman–Crippen LogP) is 5.67. The Morgan fingerprint density at radius 3 is 2.18 bits per heavy atom. The number of nitrogens with zero attached hydrogens (tertiary/aromatic N) is 2. The second-order valence-electron chi connectivity index (χ2n) is 8.21. The van der Waals surface area contributed by atoms with E-state index in [1.165, 1.54) is 12.1 Å². The van der Waals surface area contributed by atoms with Gasteiger partial charge in [-0.1, -0.05) is 84.9 Å². The van der Waals surface area contributed by atoms with Crippen LogP contribution in [0.1, 0.15) is 28.6 Å². The number of benzene rings is 4. The fourth-order valence-electron chi connectivity index (χ4n) is 4.23. The molecule has 5 rings (SSSR count). The zero-order chi connectivity index (χ0) is 23.3. The van der Waals surface area contributed by atoms with Crippen LogP contribution < -0.4 is 5.32 Å². The van der Waals surface area contributed by atoms with Crippen molar-refractivity contribution in [2.45, 2.75) is 19.0 Å². The first-order valence-electron chi connectivity index (χ1n) is 11.3.